The second-order valence-electron chi connectivity index (χ2n) is 11.7. The minimum Gasteiger partial charge on any atom is -0.355 e. The van der Waals surface area contributed by atoms with E-state index in [9.17, 15) is 35.9 Å². The van der Waals surface area contributed by atoms with Crippen molar-refractivity contribution in [2.75, 3.05) is 6.54 Å². The zero-order valence-electron chi connectivity index (χ0n) is 23.9. The lowest BCUT2D eigenvalue weighted by molar-refractivity contribution is -0.214. The number of imidazole rings is 1. The molecule has 3 aromatic heterocycles. The summed E-state index contributed by atoms with van der Waals surface area (Å²) in [6.07, 6.45) is -6.43. The molecule has 2 aliphatic rings. The second kappa shape index (κ2) is 11.5. The van der Waals surface area contributed by atoms with E-state index in [0.29, 0.717) is 5.56 Å². The largest absolute Gasteiger partial charge is 0.410 e. The summed E-state index contributed by atoms with van der Waals surface area (Å²) < 4.78 is 92.4. The van der Waals surface area contributed by atoms with Crippen molar-refractivity contribution >= 4 is 17.6 Å². The van der Waals surface area contributed by atoms with Crippen LogP contribution >= 0.6 is 0 Å². The Morgan fingerprint density at radius 2 is 1.93 bits per heavy atom. The Labute approximate surface area is 246 Å². The standard InChI is InChI=1S/C26H30F6N8O4/c1-13-21(38-44-37-13)22(41)35-16(6-7-24(2,3)26(30,31)32)17-11-40-19(34-17)8-14(10-33-40)9-20(43-15-4-5-15)39-12-18(25(27,28)29)36-23(39)42/h8,10-11,15-16,18,20H,4-7,9,12H2,1-3H3,(H,35,41)(H,36,42)/t16-,18-,20-/m0/s1. The molecular weight excluding hydrogens is 602 g/mol. The fraction of sp³-hybridized carbons (Fsp3) is 0.615. The number of nitrogens with zero attached hydrogens (tertiary/aromatic N) is 6. The molecule has 0 aromatic carbocycles. The number of urea groups is 1. The number of carbonyl (C=O) groups excluding carboxylic acids is 2. The summed E-state index contributed by atoms with van der Waals surface area (Å²) in [5, 5.41) is 16.0. The number of ether oxygens (including phenoxy) is 1. The van der Waals surface area contributed by atoms with E-state index >= 15 is 0 Å². The normalized spacial score (nSPS) is 19.3. The third kappa shape index (κ3) is 6.89. The van der Waals surface area contributed by atoms with Crippen LogP contribution in [-0.4, -0.2) is 79.0 Å². The molecule has 1 saturated carbocycles. The minimum atomic E-state index is -4.62. The fourth-order valence-corrected chi connectivity index (χ4v) is 4.67. The van der Waals surface area contributed by atoms with Gasteiger partial charge < -0.3 is 15.4 Å². The van der Waals surface area contributed by atoms with E-state index in [-0.39, 0.29) is 48.1 Å². The zero-order chi connectivity index (χ0) is 32.0. The molecule has 0 unspecified atom stereocenters. The number of aryl methyl sites for hydroxylation is 1. The number of amides is 3. The molecule has 5 rings (SSSR count). The van der Waals surface area contributed by atoms with Crippen LogP contribution < -0.4 is 10.6 Å². The van der Waals surface area contributed by atoms with Crippen LogP contribution in [0.1, 0.15) is 73.0 Å². The fourth-order valence-electron chi connectivity index (χ4n) is 4.67. The van der Waals surface area contributed by atoms with Crippen LogP contribution in [0.2, 0.25) is 0 Å². The molecule has 1 saturated heterocycles. The number of aromatic nitrogens is 5. The van der Waals surface area contributed by atoms with Crippen molar-refractivity contribution in [2.45, 2.75) is 89.6 Å². The molecule has 2 N–H and O–H groups in total. The minimum absolute atomic E-state index is 0.0125. The van der Waals surface area contributed by atoms with Crippen LogP contribution in [0.3, 0.4) is 0 Å². The van der Waals surface area contributed by atoms with E-state index in [4.69, 9.17) is 4.74 Å². The molecule has 0 spiro atoms. The number of rotatable bonds is 11. The van der Waals surface area contributed by atoms with Crippen LogP contribution in [0.15, 0.2) is 23.1 Å². The lowest BCUT2D eigenvalue weighted by Gasteiger charge is -2.29. The lowest BCUT2D eigenvalue weighted by atomic mass is 9.85. The Morgan fingerprint density at radius 1 is 1.20 bits per heavy atom. The van der Waals surface area contributed by atoms with Gasteiger partial charge in [-0.25, -0.2) is 18.9 Å². The Kier molecular flexibility index (Phi) is 8.24. The third-order valence-electron chi connectivity index (χ3n) is 7.72. The zero-order valence-corrected chi connectivity index (χ0v) is 23.9. The molecule has 4 heterocycles. The summed E-state index contributed by atoms with van der Waals surface area (Å²) in [5.41, 5.74) is -1.03. The van der Waals surface area contributed by atoms with Gasteiger partial charge in [-0.1, -0.05) is 19.0 Å². The van der Waals surface area contributed by atoms with E-state index < -0.39 is 54.6 Å². The van der Waals surface area contributed by atoms with Gasteiger partial charge in [-0.15, -0.1) is 0 Å². The highest BCUT2D eigenvalue weighted by molar-refractivity contribution is 5.93. The Hall–Kier alpha value is -3.96. The van der Waals surface area contributed by atoms with Gasteiger partial charge in [0, 0.05) is 6.42 Å². The highest BCUT2D eigenvalue weighted by Crippen LogP contribution is 2.42. The number of nitrogens with one attached hydrogen (secondary N) is 2. The van der Waals surface area contributed by atoms with Crippen molar-refractivity contribution in [3.8, 4) is 0 Å². The first-order valence-electron chi connectivity index (χ1n) is 13.8. The molecular formula is C26H30F6N8O4. The first-order chi connectivity index (χ1) is 20.5. The Morgan fingerprint density at radius 3 is 2.52 bits per heavy atom. The van der Waals surface area contributed by atoms with Crippen molar-refractivity contribution in [3.63, 3.8) is 0 Å². The van der Waals surface area contributed by atoms with Gasteiger partial charge in [-0.3, -0.25) is 9.69 Å². The summed E-state index contributed by atoms with van der Waals surface area (Å²) in [4.78, 5) is 30.8. The SMILES string of the molecule is Cc1nonc1C(=O)N[C@@H](CCC(C)(C)C(F)(F)F)c1cn2ncc(C[C@H](OC3CC3)N3C[C@@H](C(F)(F)F)NC3=O)cc2n1. The van der Waals surface area contributed by atoms with Gasteiger partial charge in [0.05, 0.1) is 42.2 Å². The molecule has 240 valence electrons. The molecule has 3 aromatic rings. The molecule has 12 nitrogen and oxygen atoms in total. The van der Waals surface area contributed by atoms with Gasteiger partial charge in [-0.2, -0.15) is 31.4 Å². The maximum atomic E-state index is 13.6. The Bertz CT molecular complexity index is 1520. The average Bonchev–Trinajstić information content (AvgIpc) is 3.28. The summed E-state index contributed by atoms with van der Waals surface area (Å²) in [6.45, 7) is 3.00. The van der Waals surface area contributed by atoms with E-state index in [1.165, 1.54) is 23.8 Å². The van der Waals surface area contributed by atoms with Crippen molar-refractivity contribution in [1.29, 1.82) is 0 Å². The second-order valence-corrected chi connectivity index (χ2v) is 11.7. The van der Waals surface area contributed by atoms with E-state index in [1.54, 1.807) is 6.07 Å². The summed E-state index contributed by atoms with van der Waals surface area (Å²) in [7, 11) is 0. The summed E-state index contributed by atoms with van der Waals surface area (Å²) in [5.74, 6) is -0.717. The Balaban J connectivity index is 1.38. The molecule has 2 fully saturated rings. The number of fused-ring (bicyclic) bond motifs is 1. The van der Waals surface area contributed by atoms with Crippen molar-refractivity contribution in [1.82, 2.24) is 40.4 Å². The molecule has 0 bridgehead atoms. The summed E-state index contributed by atoms with van der Waals surface area (Å²) in [6, 6.07) is -2.32. The van der Waals surface area contributed by atoms with E-state index in [2.05, 4.69) is 30.3 Å². The number of hydrogen-bond donors (Lipinski definition) is 2. The van der Waals surface area contributed by atoms with Crippen LogP contribution in [0.5, 0.6) is 0 Å². The number of alkyl halides is 6. The van der Waals surface area contributed by atoms with E-state index in [0.717, 1.165) is 31.6 Å². The van der Waals surface area contributed by atoms with Crippen molar-refractivity contribution < 1.29 is 45.3 Å². The highest BCUT2D eigenvalue weighted by Gasteiger charge is 2.49. The van der Waals surface area contributed by atoms with E-state index in [1.807, 2.05) is 5.32 Å². The van der Waals surface area contributed by atoms with Gasteiger partial charge in [0.2, 0.25) is 0 Å². The molecule has 1 aliphatic carbocycles. The number of hydrogen-bond acceptors (Lipinski definition) is 8. The molecule has 18 heteroatoms. The van der Waals surface area contributed by atoms with Gasteiger partial charge in [0.15, 0.2) is 11.3 Å². The first-order valence-corrected chi connectivity index (χ1v) is 13.8. The summed E-state index contributed by atoms with van der Waals surface area (Å²) >= 11 is 0. The average molecular weight is 633 g/mol. The van der Waals surface area contributed by atoms with Crippen LogP contribution in [0.4, 0.5) is 31.1 Å². The third-order valence-corrected chi connectivity index (χ3v) is 7.72. The van der Waals surface area contributed by atoms with Crippen molar-refractivity contribution in [2.24, 2.45) is 5.41 Å². The highest BCUT2D eigenvalue weighted by atomic mass is 19.4. The van der Waals surface area contributed by atoms with Crippen molar-refractivity contribution in [3.05, 3.63) is 41.1 Å². The quantitative estimate of drug-likeness (QED) is 0.299. The molecule has 3 amide bonds. The molecule has 44 heavy (non-hydrogen) atoms. The predicted molar refractivity (Wildman–Crippen MR) is 138 cm³/mol. The van der Waals surface area contributed by atoms with Gasteiger partial charge in [0.1, 0.15) is 18.0 Å². The van der Waals surface area contributed by atoms with Gasteiger partial charge >= 0.3 is 18.4 Å². The molecule has 3 atom stereocenters. The smallest absolute Gasteiger partial charge is 0.355 e. The predicted octanol–water partition coefficient (Wildman–Crippen LogP) is 4.26. The van der Waals surface area contributed by atoms with Gasteiger partial charge in [0.25, 0.3) is 5.91 Å². The lowest BCUT2D eigenvalue weighted by Crippen LogP contribution is -2.42. The number of carbonyl (C=O) groups is 2. The van der Waals surface area contributed by atoms with Crippen LogP contribution in [0, 0.1) is 12.3 Å². The van der Waals surface area contributed by atoms with Crippen LogP contribution in [-0.2, 0) is 11.2 Å². The monoisotopic (exact) mass is 632 g/mol. The molecule has 0 radical (unpaired) electrons. The van der Waals surface area contributed by atoms with Gasteiger partial charge in [-0.05, 0) is 49.4 Å². The topological polar surface area (TPSA) is 140 Å². The molecule has 1 aliphatic heterocycles. The van der Waals surface area contributed by atoms with Crippen LogP contribution in [0.25, 0.3) is 5.65 Å². The maximum Gasteiger partial charge on any atom is 0.410 e. The first kappa shape index (κ1) is 31.5. The number of halogens is 6. The maximum absolute atomic E-state index is 13.6.